The zero-order valence-corrected chi connectivity index (χ0v) is 18.7. The average molecular weight is 441 g/mol. The van der Waals surface area contributed by atoms with Crippen molar-refractivity contribution in [3.8, 4) is 11.5 Å². The average Bonchev–Trinajstić information content (AvgIpc) is 2.73. The number of methoxy groups -OCH3 is 1. The first-order valence-corrected chi connectivity index (χ1v) is 10.1. The number of anilines is 1. The second-order valence-electron chi connectivity index (χ2n) is 6.85. The number of hydrogen-bond donors (Lipinski definition) is 0. The van der Waals surface area contributed by atoms with Crippen LogP contribution in [0.1, 0.15) is 5.56 Å². The summed E-state index contributed by atoms with van der Waals surface area (Å²) < 4.78 is 17.0. The Morgan fingerprint density at radius 2 is 1.69 bits per heavy atom. The van der Waals surface area contributed by atoms with Crippen LogP contribution in [0.4, 0.5) is 5.69 Å². The lowest BCUT2D eigenvalue weighted by Gasteiger charge is -2.36. The maximum Gasteiger partial charge on any atom is 0.142 e. The van der Waals surface area contributed by atoms with Gasteiger partial charge in [0.15, 0.2) is 0 Å². The second kappa shape index (κ2) is 12.1. The summed E-state index contributed by atoms with van der Waals surface area (Å²) in [6, 6.07) is 14.0. The van der Waals surface area contributed by atoms with Gasteiger partial charge in [-0.05, 0) is 30.7 Å². The molecular weight excluding hydrogens is 411 g/mol. The standard InChI is InChI=1S/C22H29ClN2O3.ClH/c1-18-6-5-7-19(23)22(18)28-17-16-27-15-14-24-10-12-25(13-11-24)20-8-3-4-9-21(20)26-2;/h3-9H,10-17H2,1-2H3;1H. The van der Waals surface area contributed by atoms with E-state index in [1.165, 1.54) is 5.69 Å². The number of nitrogens with zero attached hydrogens (tertiary/aromatic N) is 2. The highest BCUT2D eigenvalue weighted by Gasteiger charge is 2.19. The molecule has 0 N–H and O–H groups in total. The molecule has 0 amide bonds. The molecule has 7 heteroatoms. The molecule has 160 valence electrons. The molecule has 1 heterocycles. The molecule has 2 aromatic rings. The zero-order chi connectivity index (χ0) is 19.8. The van der Waals surface area contributed by atoms with Gasteiger partial charge in [0.25, 0.3) is 0 Å². The van der Waals surface area contributed by atoms with Crippen molar-refractivity contribution >= 4 is 29.7 Å². The maximum absolute atomic E-state index is 6.16. The van der Waals surface area contributed by atoms with Gasteiger partial charge in [-0.1, -0.05) is 35.9 Å². The predicted molar refractivity (Wildman–Crippen MR) is 121 cm³/mol. The summed E-state index contributed by atoms with van der Waals surface area (Å²) in [5.41, 5.74) is 2.22. The van der Waals surface area contributed by atoms with E-state index in [0.29, 0.717) is 24.8 Å². The van der Waals surface area contributed by atoms with Gasteiger partial charge in [-0.2, -0.15) is 0 Å². The quantitative estimate of drug-likeness (QED) is 0.543. The van der Waals surface area contributed by atoms with Crippen molar-refractivity contribution in [3.63, 3.8) is 0 Å². The molecule has 1 fully saturated rings. The molecule has 0 bridgehead atoms. The van der Waals surface area contributed by atoms with E-state index < -0.39 is 0 Å². The van der Waals surface area contributed by atoms with Gasteiger partial charge in [-0.15, -0.1) is 12.4 Å². The first kappa shape index (κ1) is 23.6. The minimum absolute atomic E-state index is 0. The summed E-state index contributed by atoms with van der Waals surface area (Å²) in [5.74, 6) is 1.69. The molecule has 2 aromatic carbocycles. The fourth-order valence-corrected chi connectivity index (χ4v) is 3.68. The van der Waals surface area contributed by atoms with Gasteiger partial charge >= 0.3 is 0 Å². The monoisotopic (exact) mass is 440 g/mol. The van der Waals surface area contributed by atoms with Crippen molar-refractivity contribution < 1.29 is 14.2 Å². The van der Waals surface area contributed by atoms with Gasteiger partial charge in [0.1, 0.15) is 18.1 Å². The molecule has 0 spiro atoms. The van der Waals surface area contributed by atoms with E-state index in [4.69, 9.17) is 25.8 Å². The minimum atomic E-state index is 0. The van der Waals surface area contributed by atoms with Gasteiger partial charge in [0, 0.05) is 32.7 Å². The Hall–Kier alpha value is -1.66. The van der Waals surface area contributed by atoms with Crippen LogP contribution in [-0.4, -0.2) is 64.6 Å². The van der Waals surface area contributed by atoms with Crippen LogP contribution >= 0.6 is 24.0 Å². The molecule has 5 nitrogen and oxygen atoms in total. The van der Waals surface area contributed by atoms with Crippen LogP contribution in [0.5, 0.6) is 11.5 Å². The normalized spacial score (nSPS) is 14.4. The van der Waals surface area contributed by atoms with Crippen molar-refractivity contribution in [2.45, 2.75) is 6.92 Å². The molecule has 1 saturated heterocycles. The number of hydrogen-bond acceptors (Lipinski definition) is 5. The SMILES string of the molecule is COc1ccccc1N1CCN(CCOCCOc2c(C)cccc2Cl)CC1.Cl. The van der Waals surface area contributed by atoms with Crippen LogP contribution in [0, 0.1) is 6.92 Å². The van der Waals surface area contributed by atoms with Crippen LogP contribution in [-0.2, 0) is 4.74 Å². The smallest absolute Gasteiger partial charge is 0.142 e. The van der Waals surface area contributed by atoms with E-state index >= 15 is 0 Å². The maximum atomic E-state index is 6.16. The number of para-hydroxylation sites is 3. The Morgan fingerprint density at radius 3 is 2.41 bits per heavy atom. The number of piperazine rings is 1. The first-order chi connectivity index (χ1) is 13.7. The van der Waals surface area contributed by atoms with Crippen LogP contribution in [0.15, 0.2) is 42.5 Å². The molecule has 0 aliphatic carbocycles. The van der Waals surface area contributed by atoms with E-state index in [9.17, 15) is 0 Å². The Labute approximate surface area is 184 Å². The van der Waals surface area contributed by atoms with E-state index in [0.717, 1.165) is 49.8 Å². The molecule has 1 aliphatic heterocycles. The van der Waals surface area contributed by atoms with Crippen molar-refractivity contribution in [3.05, 3.63) is 53.1 Å². The Balaban J connectivity index is 0.00000300. The summed E-state index contributed by atoms with van der Waals surface area (Å²) in [4.78, 5) is 4.82. The lowest BCUT2D eigenvalue weighted by Crippen LogP contribution is -2.47. The van der Waals surface area contributed by atoms with Crippen molar-refractivity contribution in [2.75, 3.05) is 64.6 Å². The summed E-state index contributed by atoms with van der Waals surface area (Å²) in [5, 5.41) is 0.646. The Morgan fingerprint density at radius 1 is 0.931 bits per heavy atom. The van der Waals surface area contributed by atoms with Crippen LogP contribution in [0.2, 0.25) is 5.02 Å². The van der Waals surface area contributed by atoms with Crippen LogP contribution < -0.4 is 14.4 Å². The second-order valence-corrected chi connectivity index (χ2v) is 7.25. The molecule has 0 unspecified atom stereocenters. The van der Waals surface area contributed by atoms with E-state index in [2.05, 4.69) is 21.9 Å². The third-order valence-electron chi connectivity index (χ3n) is 4.99. The Bertz CT molecular complexity index is 732. The molecule has 29 heavy (non-hydrogen) atoms. The molecule has 0 aromatic heterocycles. The van der Waals surface area contributed by atoms with E-state index in [-0.39, 0.29) is 12.4 Å². The lowest BCUT2D eigenvalue weighted by atomic mass is 10.2. The number of rotatable bonds is 9. The molecule has 0 radical (unpaired) electrons. The third-order valence-corrected chi connectivity index (χ3v) is 5.29. The topological polar surface area (TPSA) is 34.2 Å². The number of ether oxygens (including phenoxy) is 3. The minimum Gasteiger partial charge on any atom is -0.495 e. The van der Waals surface area contributed by atoms with Crippen molar-refractivity contribution in [2.24, 2.45) is 0 Å². The molecular formula is C22H30Cl2N2O3. The fraction of sp³-hybridized carbons (Fsp3) is 0.455. The Kier molecular flexibility index (Phi) is 9.88. The van der Waals surface area contributed by atoms with Gasteiger partial charge < -0.3 is 19.1 Å². The van der Waals surface area contributed by atoms with Crippen molar-refractivity contribution in [1.82, 2.24) is 4.90 Å². The van der Waals surface area contributed by atoms with Gasteiger partial charge in [-0.25, -0.2) is 0 Å². The largest absolute Gasteiger partial charge is 0.495 e. The summed E-state index contributed by atoms with van der Waals surface area (Å²) in [7, 11) is 1.73. The zero-order valence-electron chi connectivity index (χ0n) is 17.1. The first-order valence-electron chi connectivity index (χ1n) is 9.75. The summed E-state index contributed by atoms with van der Waals surface area (Å²) in [6.45, 7) is 8.74. The van der Waals surface area contributed by atoms with Crippen LogP contribution in [0.3, 0.4) is 0 Å². The number of benzene rings is 2. The summed E-state index contributed by atoms with van der Waals surface area (Å²) >= 11 is 6.16. The molecule has 3 rings (SSSR count). The van der Waals surface area contributed by atoms with E-state index in [1.807, 2.05) is 37.3 Å². The predicted octanol–water partition coefficient (Wildman–Crippen LogP) is 4.30. The number of aryl methyl sites for hydroxylation is 1. The van der Waals surface area contributed by atoms with Gasteiger partial charge in [-0.3, -0.25) is 4.90 Å². The van der Waals surface area contributed by atoms with E-state index in [1.54, 1.807) is 7.11 Å². The molecule has 0 saturated carbocycles. The van der Waals surface area contributed by atoms with Crippen molar-refractivity contribution in [1.29, 1.82) is 0 Å². The highest BCUT2D eigenvalue weighted by Crippen LogP contribution is 2.29. The highest BCUT2D eigenvalue weighted by molar-refractivity contribution is 6.32. The van der Waals surface area contributed by atoms with Crippen LogP contribution in [0.25, 0.3) is 0 Å². The highest BCUT2D eigenvalue weighted by atomic mass is 35.5. The third kappa shape index (κ3) is 6.68. The lowest BCUT2D eigenvalue weighted by molar-refractivity contribution is 0.0781. The summed E-state index contributed by atoms with van der Waals surface area (Å²) in [6.07, 6.45) is 0. The molecule has 1 aliphatic rings. The molecule has 0 atom stereocenters. The fourth-order valence-electron chi connectivity index (χ4n) is 3.40. The number of halogens is 2. The van der Waals surface area contributed by atoms with Gasteiger partial charge in [0.05, 0.1) is 31.0 Å². The van der Waals surface area contributed by atoms with Gasteiger partial charge in [0.2, 0.25) is 0 Å².